The predicted molar refractivity (Wildman–Crippen MR) is 80.0 cm³/mol. The van der Waals surface area contributed by atoms with E-state index < -0.39 is 0 Å². The molecule has 0 aliphatic heterocycles. The summed E-state index contributed by atoms with van der Waals surface area (Å²) in [5.41, 5.74) is 8.09. The highest BCUT2D eigenvalue weighted by Crippen LogP contribution is 2.16. The highest BCUT2D eigenvalue weighted by atomic mass is 16.5. The normalized spacial score (nSPS) is 12.5. The smallest absolute Gasteiger partial charge is 0.119 e. The topological polar surface area (TPSA) is 35.2 Å². The van der Waals surface area contributed by atoms with Crippen LogP contribution < -0.4 is 10.5 Å². The zero-order valence-corrected chi connectivity index (χ0v) is 11.1. The van der Waals surface area contributed by atoms with Gasteiger partial charge >= 0.3 is 0 Å². The summed E-state index contributed by atoms with van der Waals surface area (Å²) in [6.45, 7) is 2.53. The molecular weight excluding hydrogens is 234 g/mol. The first-order chi connectivity index (χ1) is 9.25. The molecule has 1 atom stereocenters. The monoisotopic (exact) mass is 253 g/mol. The van der Waals surface area contributed by atoms with E-state index in [-0.39, 0.29) is 6.04 Å². The van der Waals surface area contributed by atoms with Crippen molar-refractivity contribution in [2.45, 2.75) is 13.0 Å². The molecular formula is C17H19NO. The van der Waals surface area contributed by atoms with E-state index in [9.17, 15) is 0 Å². The molecule has 0 bridgehead atoms. The first-order valence-corrected chi connectivity index (χ1v) is 6.45. The van der Waals surface area contributed by atoms with Gasteiger partial charge in [0.05, 0.1) is 0 Å². The summed E-state index contributed by atoms with van der Waals surface area (Å²) in [4.78, 5) is 0. The zero-order valence-electron chi connectivity index (χ0n) is 11.1. The lowest BCUT2D eigenvalue weighted by Crippen LogP contribution is -2.04. The highest BCUT2D eigenvalue weighted by molar-refractivity contribution is 5.48. The van der Waals surface area contributed by atoms with Crippen molar-refractivity contribution in [2.75, 3.05) is 6.61 Å². The maximum atomic E-state index is 5.80. The fourth-order valence-corrected chi connectivity index (χ4v) is 1.76. The van der Waals surface area contributed by atoms with Crippen LogP contribution in [-0.4, -0.2) is 6.61 Å². The van der Waals surface area contributed by atoms with Crippen molar-refractivity contribution in [1.29, 1.82) is 0 Å². The SMILES string of the molecule is C[C@H](N)c1ccc(OCC=Cc2ccccc2)cc1. The fourth-order valence-electron chi connectivity index (χ4n) is 1.76. The zero-order chi connectivity index (χ0) is 13.5. The van der Waals surface area contributed by atoms with E-state index in [2.05, 4.69) is 18.2 Å². The third-order valence-corrected chi connectivity index (χ3v) is 2.86. The summed E-state index contributed by atoms with van der Waals surface area (Å²) in [7, 11) is 0. The summed E-state index contributed by atoms with van der Waals surface area (Å²) < 4.78 is 5.63. The van der Waals surface area contributed by atoms with Crippen LogP contribution in [0.4, 0.5) is 0 Å². The second-order valence-corrected chi connectivity index (χ2v) is 4.48. The van der Waals surface area contributed by atoms with E-state index in [1.165, 1.54) is 5.56 Å². The number of benzene rings is 2. The Balaban J connectivity index is 1.84. The number of rotatable bonds is 5. The summed E-state index contributed by atoms with van der Waals surface area (Å²) in [5.74, 6) is 0.863. The molecule has 0 aliphatic carbocycles. The Labute approximate surface area is 114 Å². The first kappa shape index (κ1) is 13.4. The van der Waals surface area contributed by atoms with E-state index in [1.54, 1.807) is 0 Å². The lowest BCUT2D eigenvalue weighted by molar-refractivity contribution is 0.363. The molecule has 2 aromatic carbocycles. The van der Waals surface area contributed by atoms with Gasteiger partial charge in [-0.1, -0.05) is 48.5 Å². The first-order valence-electron chi connectivity index (χ1n) is 6.45. The van der Waals surface area contributed by atoms with Crippen LogP contribution in [-0.2, 0) is 0 Å². The Morgan fingerprint density at radius 1 is 1.05 bits per heavy atom. The van der Waals surface area contributed by atoms with Crippen molar-refractivity contribution in [2.24, 2.45) is 5.73 Å². The molecule has 2 heteroatoms. The van der Waals surface area contributed by atoms with Crippen LogP contribution in [0.15, 0.2) is 60.7 Å². The Hall–Kier alpha value is -2.06. The second kappa shape index (κ2) is 6.76. The fraction of sp³-hybridized carbons (Fsp3) is 0.176. The van der Waals surface area contributed by atoms with E-state index in [0.717, 1.165) is 11.3 Å². The van der Waals surface area contributed by atoms with Crippen molar-refractivity contribution in [1.82, 2.24) is 0 Å². The third kappa shape index (κ3) is 4.27. The highest BCUT2D eigenvalue weighted by Gasteiger charge is 1.98. The van der Waals surface area contributed by atoms with Gasteiger partial charge in [0.2, 0.25) is 0 Å². The summed E-state index contributed by atoms with van der Waals surface area (Å²) in [6.07, 6.45) is 4.06. The quantitative estimate of drug-likeness (QED) is 0.879. The van der Waals surface area contributed by atoms with Crippen molar-refractivity contribution < 1.29 is 4.74 Å². The molecule has 0 fully saturated rings. The molecule has 0 unspecified atom stereocenters. The maximum Gasteiger partial charge on any atom is 0.119 e. The van der Waals surface area contributed by atoms with E-state index >= 15 is 0 Å². The standard InChI is InChI=1S/C17H19NO/c1-14(18)16-9-11-17(12-10-16)19-13-5-8-15-6-3-2-4-7-15/h2-12,14H,13,18H2,1H3/t14-/m0/s1. The number of ether oxygens (including phenoxy) is 1. The molecule has 0 aliphatic rings. The molecule has 0 radical (unpaired) electrons. The molecule has 0 aromatic heterocycles. The van der Waals surface area contributed by atoms with Gasteiger partial charge in [0.15, 0.2) is 0 Å². The van der Waals surface area contributed by atoms with Crippen LogP contribution in [0.25, 0.3) is 6.08 Å². The molecule has 0 saturated carbocycles. The van der Waals surface area contributed by atoms with Gasteiger partial charge in [-0.3, -0.25) is 0 Å². The van der Waals surface area contributed by atoms with Crippen LogP contribution in [0.3, 0.4) is 0 Å². The van der Waals surface area contributed by atoms with Crippen LogP contribution in [0.2, 0.25) is 0 Å². The number of nitrogens with two attached hydrogens (primary N) is 1. The lowest BCUT2D eigenvalue weighted by Gasteiger charge is -2.07. The van der Waals surface area contributed by atoms with Gasteiger partial charge in [-0.25, -0.2) is 0 Å². The molecule has 2 aromatic rings. The Bertz CT molecular complexity index is 515. The van der Waals surface area contributed by atoms with Gasteiger partial charge < -0.3 is 10.5 Å². The van der Waals surface area contributed by atoms with Crippen LogP contribution in [0.5, 0.6) is 5.75 Å². The Morgan fingerprint density at radius 2 is 1.74 bits per heavy atom. The van der Waals surface area contributed by atoms with Gasteiger partial charge in [-0.15, -0.1) is 0 Å². The molecule has 98 valence electrons. The van der Waals surface area contributed by atoms with Crippen molar-refractivity contribution in [3.8, 4) is 5.75 Å². The molecule has 2 nitrogen and oxygen atoms in total. The molecule has 2 N–H and O–H groups in total. The van der Waals surface area contributed by atoms with Crippen LogP contribution in [0, 0.1) is 0 Å². The molecule has 0 saturated heterocycles. The predicted octanol–water partition coefficient (Wildman–Crippen LogP) is 3.80. The molecule has 0 spiro atoms. The maximum absolute atomic E-state index is 5.80. The Morgan fingerprint density at radius 3 is 2.37 bits per heavy atom. The minimum atomic E-state index is 0.0621. The summed E-state index contributed by atoms with van der Waals surface area (Å²) in [6, 6.07) is 18.1. The van der Waals surface area contributed by atoms with Crippen molar-refractivity contribution in [3.05, 3.63) is 71.8 Å². The van der Waals surface area contributed by atoms with E-state index in [4.69, 9.17) is 10.5 Å². The molecule has 19 heavy (non-hydrogen) atoms. The average Bonchev–Trinajstić information content (AvgIpc) is 2.45. The van der Waals surface area contributed by atoms with Gasteiger partial charge in [0.1, 0.15) is 12.4 Å². The second-order valence-electron chi connectivity index (χ2n) is 4.48. The lowest BCUT2D eigenvalue weighted by atomic mass is 10.1. The van der Waals surface area contributed by atoms with Gasteiger partial charge in [0, 0.05) is 6.04 Å². The number of hydrogen-bond donors (Lipinski definition) is 1. The van der Waals surface area contributed by atoms with E-state index in [0.29, 0.717) is 6.61 Å². The largest absolute Gasteiger partial charge is 0.490 e. The summed E-state index contributed by atoms with van der Waals surface area (Å²) >= 11 is 0. The third-order valence-electron chi connectivity index (χ3n) is 2.86. The van der Waals surface area contributed by atoms with Gasteiger partial charge in [-0.2, -0.15) is 0 Å². The minimum Gasteiger partial charge on any atom is -0.490 e. The van der Waals surface area contributed by atoms with Crippen molar-refractivity contribution >= 4 is 6.08 Å². The van der Waals surface area contributed by atoms with Gasteiger partial charge in [0.25, 0.3) is 0 Å². The van der Waals surface area contributed by atoms with Crippen LogP contribution in [0.1, 0.15) is 24.1 Å². The van der Waals surface area contributed by atoms with E-state index in [1.807, 2.05) is 55.5 Å². The Kier molecular flexibility index (Phi) is 4.76. The molecule has 0 heterocycles. The summed E-state index contributed by atoms with van der Waals surface area (Å²) in [5, 5.41) is 0. The number of hydrogen-bond acceptors (Lipinski definition) is 2. The molecule has 0 amide bonds. The average molecular weight is 253 g/mol. The van der Waals surface area contributed by atoms with Crippen LogP contribution >= 0.6 is 0 Å². The minimum absolute atomic E-state index is 0.0621. The molecule has 2 rings (SSSR count). The van der Waals surface area contributed by atoms with Gasteiger partial charge in [-0.05, 0) is 36.3 Å². The van der Waals surface area contributed by atoms with Crippen molar-refractivity contribution in [3.63, 3.8) is 0 Å².